The Morgan fingerprint density at radius 1 is 1.00 bits per heavy atom. The highest BCUT2D eigenvalue weighted by Gasteiger charge is 2.37. The number of pyridine rings is 1. The van der Waals surface area contributed by atoms with Crippen molar-refractivity contribution in [1.82, 2.24) is 30.3 Å². The minimum Gasteiger partial charge on any atom is -0.362 e. The SMILES string of the molecule is Cc1c(CC#N)cccc1[C@@H](C)Nc1nnc(C)c2cnc(N3CCN(C(=O)C4CCN(CC5CCC6(CCNCC6)CC5)CC4)CC3)cc12.Cl. The molecule has 10 nitrogen and oxygen atoms in total. The second-order valence-electron chi connectivity index (χ2n) is 15.6. The molecule has 2 aromatic heterocycles. The smallest absolute Gasteiger partial charge is 0.225 e. The Kier molecular flexibility index (Phi) is 12.0. The third-order valence-electron chi connectivity index (χ3n) is 12.6. The van der Waals surface area contributed by atoms with E-state index in [1.54, 1.807) is 0 Å². The quantitative estimate of drug-likeness (QED) is 0.281. The first-order valence-corrected chi connectivity index (χ1v) is 19.1. The van der Waals surface area contributed by atoms with Gasteiger partial charge in [-0.15, -0.1) is 17.5 Å². The number of halogens is 1. The Morgan fingerprint density at radius 3 is 2.43 bits per heavy atom. The maximum Gasteiger partial charge on any atom is 0.225 e. The number of anilines is 2. The van der Waals surface area contributed by atoms with Crippen LogP contribution in [0.15, 0.2) is 30.5 Å². The number of likely N-dealkylation sites (tertiary alicyclic amines) is 1. The van der Waals surface area contributed by atoms with Gasteiger partial charge in [-0.05, 0) is 132 Å². The van der Waals surface area contributed by atoms with E-state index in [0.29, 0.717) is 17.7 Å². The van der Waals surface area contributed by atoms with E-state index in [9.17, 15) is 10.1 Å². The summed E-state index contributed by atoms with van der Waals surface area (Å²) in [6, 6.07) is 10.5. The van der Waals surface area contributed by atoms with E-state index in [2.05, 4.69) is 67.6 Å². The molecule has 2 N–H and O–H groups in total. The topological polar surface area (TPSA) is 113 Å². The number of nitriles is 1. The highest BCUT2D eigenvalue weighted by atomic mass is 35.5. The van der Waals surface area contributed by atoms with Gasteiger partial charge in [-0.2, -0.15) is 10.4 Å². The molecule has 1 aliphatic carbocycles. The lowest BCUT2D eigenvalue weighted by atomic mass is 9.65. The maximum absolute atomic E-state index is 13.7. The molecule has 7 rings (SSSR count). The molecular weight excluding hydrogens is 658 g/mol. The van der Waals surface area contributed by atoms with Crippen LogP contribution in [0.5, 0.6) is 0 Å². The molecule has 4 fully saturated rings. The lowest BCUT2D eigenvalue weighted by Crippen LogP contribution is -2.52. The van der Waals surface area contributed by atoms with Crippen LogP contribution in [0.4, 0.5) is 11.6 Å². The van der Waals surface area contributed by atoms with Crippen LogP contribution in [0.3, 0.4) is 0 Å². The lowest BCUT2D eigenvalue weighted by Gasteiger charge is -2.44. The minimum absolute atomic E-state index is 0. The molecule has 1 saturated carbocycles. The summed E-state index contributed by atoms with van der Waals surface area (Å²) in [5.41, 5.74) is 4.80. The average Bonchev–Trinajstić information content (AvgIpc) is 3.15. The van der Waals surface area contributed by atoms with Gasteiger partial charge in [-0.3, -0.25) is 4.79 Å². The molecule has 0 unspecified atom stereocenters. The molecule has 0 radical (unpaired) electrons. The largest absolute Gasteiger partial charge is 0.362 e. The monoisotopic (exact) mass is 713 g/mol. The van der Waals surface area contributed by atoms with Crippen molar-refractivity contribution in [2.45, 2.75) is 84.6 Å². The van der Waals surface area contributed by atoms with E-state index in [-0.39, 0.29) is 24.4 Å². The Morgan fingerprint density at radius 2 is 1.73 bits per heavy atom. The van der Waals surface area contributed by atoms with E-state index in [4.69, 9.17) is 4.98 Å². The molecule has 1 atom stereocenters. The van der Waals surface area contributed by atoms with Crippen LogP contribution < -0.4 is 15.5 Å². The summed E-state index contributed by atoms with van der Waals surface area (Å²) in [5, 5.41) is 27.4. The first-order valence-electron chi connectivity index (χ1n) is 19.1. The van der Waals surface area contributed by atoms with Crippen LogP contribution >= 0.6 is 12.4 Å². The van der Waals surface area contributed by atoms with E-state index in [1.165, 1.54) is 58.2 Å². The number of aromatic nitrogens is 3. The van der Waals surface area contributed by atoms with Gasteiger partial charge in [-0.1, -0.05) is 18.2 Å². The van der Waals surface area contributed by atoms with Gasteiger partial charge in [-0.25, -0.2) is 4.98 Å². The van der Waals surface area contributed by atoms with Gasteiger partial charge in [0, 0.05) is 55.6 Å². The number of piperidine rings is 2. The molecule has 1 spiro atoms. The van der Waals surface area contributed by atoms with Gasteiger partial charge in [0.15, 0.2) is 5.82 Å². The Balaban J connectivity index is 0.00000448. The van der Waals surface area contributed by atoms with E-state index < -0.39 is 0 Å². The van der Waals surface area contributed by atoms with Crippen molar-refractivity contribution in [3.8, 4) is 6.07 Å². The highest BCUT2D eigenvalue weighted by Crippen LogP contribution is 2.45. The number of nitrogens with zero attached hydrogens (tertiary/aromatic N) is 7. The van der Waals surface area contributed by atoms with Crippen LogP contribution in [0.2, 0.25) is 0 Å². The number of fused-ring (bicyclic) bond motifs is 1. The van der Waals surface area contributed by atoms with Crippen LogP contribution in [0.1, 0.15) is 86.7 Å². The second kappa shape index (κ2) is 16.4. The molecule has 3 aromatic rings. The fraction of sp³-hybridized carbons (Fsp3) is 0.625. The third kappa shape index (κ3) is 8.27. The number of aryl methyl sites for hydroxylation is 1. The molecule has 4 aliphatic rings. The van der Waals surface area contributed by atoms with Gasteiger partial charge in [0.25, 0.3) is 0 Å². The zero-order valence-corrected chi connectivity index (χ0v) is 31.6. The number of rotatable bonds is 8. The summed E-state index contributed by atoms with van der Waals surface area (Å²) < 4.78 is 0. The van der Waals surface area contributed by atoms with Gasteiger partial charge in [0.1, 0.15) is 5.82 Å². The summed E-state index contributed by atoms with van der Waals surface area (Å²) in [4.78, 5) is 25.5. The summed E-state index contributed by atoms with van der Waals surface area (Å²) in [6.07, 6.45) is 12.6. The molecule has 274 valence electrons. The molecule has 11 heteroatoms. The van der Waals surface area contributed by atoms with Crippen molar-refractivity contribution < 1.29 is 4.79 Å². The molecule has 3 aliphatic heterocycles. The van der Waals surface area contributed by atoms with Gasteiger partial charge in [0.05, 0.1) is 24.2 Å². The fourth-order valence-corrected chi connectivity index (χ4v) is 9.24. The Labute approximate surface area is 310 Å². The summed E-state index contributed by atoms with van der Waals surface area (Å²) in [5.74, 6) is 2.97. The normalized spacial score (nSPS) is 20.9. The predicted octanol–water partition coefficient (Wildman–Crippen LogP) is 6.22. The van der Waals surface area contributed by atoms with Crippen LogP contribution in [-0.4, -0.2) is 89.8 Å². The van der Waals surface area contributed by atoms with Crippen LogP contribution in [0, 0.1) is 42.4 Å². The van der Waals surface area contributed by atoms with Crippen molar-refractivity contribution in [3.63, 3.8) is 0 Å². The van der Waals surface area contributed by atoms with Crippen LogP contribution in [0.25, 0.3) is 10.8 Å². The Hall–Kier alpha value is -3.52. The van der Waals surface area contributed by atoms with Gasteiger partial charge in [0.2, 0.25) is 5.91 Å². The number of hydrogen-bond acceptors (Lipinski definition) is 9. The van der Waals surface area contributed by atoms with E-state index >= 15 is 0 Å². The van der Waals surface area contributed by atoms with Gasteiger partial charge >= 0.3 is 0 Å². The minimum atomic E-state index is -0.0223. The molecule has 51 heavy (non-hydrogen) atoms. The summed E-state index contributed by atoms with van der Waals surface area (Å²) in [6.45, 7) is 14.9. The highest BCUT2D eigenvalue weighted by molar-refractivity contribution is 5.94. The molecule has 0 bridgehead atoms. The zero-order chi connectivity index (χ0) is 34.7. The number of benzene rings is 1. The number of piperazine rings is 1. The zero-order valence-electron chi connectivity index (χ0n) is 30.8. The predicted molar refractivity (Wildman–Crippen MR) is 206 cm³/mol. The molecule has 5 heterocycles. The number of nitrogens with one attached hydrogen (secondary N) is 2. The van der Waals surface area contributed by atoms with Crippen molar-refractivity contribution in [2.75, 3.05) is 69.1 Å². The third-order valence-corrected chi connectivity index (χ3v) is 12.6. The van der Waals surface area contributed by atoms with Crippen molar-refractivity contribution >= 4 is 40.7 Å². The average molecular weight is 714 g/mol. The number of hydrogen-bond donors (Lipinski definition) is 2. The summed E-state index contributed by atoms with van der Waals surface area (Å²) in [7, 11) is 0. The first-order chi connectivity index (χ1) is 24.3. The van der Waals surface area contributed by atoms with E-state index in [1.807, 2.05) is 25.3 Å². The Bertz CT molecular complexity index is 1690. The number of carbonyl (C=O) groups excluding carboxylic acids is 1. The lowest BCUT2D eigenvalue weighted by molar-refractivity contribution is -0.137. The summed E-state index contributed by atoms with van der Waals surface area (Å²) >= 11 is 0. The van der Waals surface area contributed by atoms with Crippen LogP contribution in [-0.2, 0) is 11.2 Å². The van der Waals surface area contributed by atoms with E-state index in [0.717, 1.165) is 103 Å². The second-order valence-corrected chi connectivity index (χ2v) is 15.6. The standard InChI is InChI=1S/C40H55N9O.ClH/c1-28-32(9-16-41)5-4-6-34(28)29(2)44-38-35-25-37(43-26-36(35)30(3)45-46-38)48-21-23-49(24-22-48)39(50)33-10-19-47(20-11-33)27-31-7-12-40(13-8-31)14-17-42-18-15-40;/h4-6,25-26,29,31,33,42H,7-15,17-24,27H2,1-3H3,(H,44,46);1H/t29-;/m1./s1. The van der Waals surface area contributed by atoms with Crippen molar-refractivity contribution in [1.29, 1.82) is 5.26 Å². The van der Waals surface area contributed by atoms with Crippen molar-refractivity contribution in [3.05, 3.63) is 52.8 Å². The fourth-order valence-electron chi connectivity index (χ4n) is 9.24. The molecular formula is C40H56ClN9O. The number of carbonyl (C=O) groups is 1. The molecule has 1 amide bonds. The maximum atomic E-state index is 13.7. The molecule has 3 saturated heterocycles. The first kappa shape index (κ1) is 37.2. The number of amides is 1. The van der Waals surface area contributed by atoms with Gasteiger partial charge < -0.3 is 25.3 Å². The molecule has 1 aromatic carbocycles. The van der Waals surface area contributed by atoms with Crippen molar-refractivity contribution in [2.24, 2.45) is 17.3 Å².